The SMILES string of the molecule is CCCCCCCC[N+](C)(C)Cc1ccc2c(c1)S(=O)(=O)c1cc(C[N+](C)(C)CCCCCCCC)cc(OC)c1-2. The summed E-state index contributed by atoms with van der Waals surface area (Å²) in [5.41, 5.74) is 3.59. The van der Waals surface area contributed by atoms with Gasteiger partial charge in [-0.1, -0.05) is 77.3 Å². The zero-order valence-corrected chi connectivity index (χ0v) is 28.0. The lowest BCUT2D eigenvalue weighted by Crippen LogP contribution is -2.39. The predicted octanol–water partition coefficient (Wildman–Crippen LogP) is 8.38. The van der Waals surface area contributed by atoms with Crippen LogP contribution in [-0.4, -0.2) is 65.8 Å². The minimum atomic E-state index is -3.61. The van der Waals surface area contributed by atoms with E-state index in [9.17, 15) is 8.42 Å². The van der Waals surface area contributed by atoms with Gasteiger partial charge in [-0.3, -0.25) is 0 Å². The van der Waals surface area contributed by atoms with Gasteiger partial charge in [0.25, 0.3) is 0 Å². The van der Waals surface area contributed by atoms with Crippen molar-refractivity contribution in [3.8, 4) is 16.9 Å². The molecule has 6 heteroatoms. The molecule has 0 bridgehead atoms. The maximum Gasteiger partial charge on any atom is 0.207 e. The van der Waals surface area contributed by atoms with Gasteiger partial charge in [-0.25, -0.2) is 8.42 Å². The zero-order chi connectivity index (χ0) is 30.1. The number of rotatable bonds is 19. The molecule has 230 valence electrons. The van der Waals surface area contributed by atoms with Crippen LogP contribution in [0.2, 0.25) is 0 Å². The fraction of sp³-hybridized carbons (Fsp3) is 0.657. The van der Waals surface area contributed by atoms with Crippen molar-refractivity contribution in [2.75, 3.05) is 48.4 Å². The molecular formula is C35H58N2O3S+2. The molecule has 1 aliphatic heterocycles. The summed E-state index contributed by atoms with van der Waals surface area (Å²) in [6.45, 7) is 8.28. The summed E-state index contributed by atoms with van der Waals surface area (Å²) in [7, 11) is 7.03. The van der Waals surface area contributed by atoms with Crippen LogP contribution in [0.4, 0.5) is 0 Å². The van der Waals surface area contributed by atoms with Gasteiger partial charge < -0.3 is 13.7 Å². The third-order valence-electron chi connectivity index (χ3n) is 8.70. The maximum atomic E-state index is 13.9. The van der Waals surface area contributed by atoms with E-state index in [0.29, 0.717) is 15.5 Å². The van der Waals surface area contributed by atoms with Crippen LogP contribution in [0.25, 0.3) is 11.1 Å². The number of nitrogens with zero attached hydrogens (tertiary/aromatic N) is 2. The van der Waals surface area contributed by atoms with Crippen molar-refractivity contribution in [3.05, 3.63) is 41.5 Å². The molecule has 0 aromatic heterocycles. The Balaban J connectivity index is 1.74. The first-order chi connectivity index (χ1) is 19.4. The second kappa shape index (κ2) is 15.0. The molecule has 0 spiro atoms. The van der Waals surface area contributed by atoms with E-state index in [-0.39, 0.29) is 0 Å². The first-order valence-electron chi connectivity index (χ1n) is 16.2. The summed E-state index contributed by atoms with van der Waals surface area (Å²) in [5, 5.41) is 0. The molecule has 0 saturated heterocycles. The van der Waals surface area contributed by atoms with Crippen molar-refractivity contribution in [1.82, 2.24) is 0 Å². The third-order valence-corrected chi connectivity index (χ3v) is 10.5. The molecule has 2 aromatic carbocycles. The van der Waals surface area contributed by atoms with E-state index in [2.05, 4.69) is 54.2 Å². The van der Waals surface area contributed by atoms with E-state index in [1.54, 1.807) is 7.11 Å². The zero-order valence-electron chi connectivity index (χ0n) is 27.2. The molecular weight excluding hydrogens is 528 g/mol. The van der Waals surface area contributed by atoms with Crippen LogP contribution >= 0.6 is 0 Å². The average Bonchev–Trinajstić information content (AvgIpc) is 3.13. The van der Waals surface area contributed by atoms with Crippen molar-refractivity contribution in [3.63, 3.8) is 0 Å². The molecule has 1 heterocycles. The van der Waals surface area contributed by atoms with Crippen LogP contribution in [0, 0.1) is 0 Å². The van der Waals surface area contributed by atoms with Crippen molar-refractivity contribution >= 4 is 9.84 Å². The Morgan fingerprint density at radius 2 is 1.12 bits per heavy atom. The largest absolute Gasteiger partial charge is 0.496 e. The Bertz CT molecular complexity index is 1230. The Hall–Kier alpha value is -1.89. The van der Waals surface area contributed by atoms with Gasteiger partial charge in [0.1, 0.15) is 18.8 Å². The van der Waals surface area contributed by atoms with Gasteiger partial charge in [0.05, 0.1) is 58.2 Å². The number of benzene rings is 2. The first-order valence-corrected chi connectivity index (χ1v) is 17.7. The van der Waals surface area contributed by atoms with Gasteiger partial charge in [-0.15, -0.1) is 0 Å². The molecule has 0 atom stereocenters. The topological polar surface area (TPSA) is 43.4 Å². The second-order valence-electron chi connectivity index (χ2n) is 13.7. The van der Waals surface area contributed by atoms with Gasteiger partial charge >= 0.3 is 0 Å². The highest BCUT2D eigenvalue weighted by Crippen LogP contribution is 2.49. The fourth-order valence-corrected chi connectivity index (χ4v) is 8.16. The molecule has 5 nitrogen and oxygen atoms in total. The predicted molar refractivity (Wildman–Crippen MR) is 172 cm³/mol. The van der Waals surface area contributed by atoms with Crippen LogP contribution in [0.3, 0.4) is 0 Å². The number of sulfone groups is 1. The van der Waals surface area contributed by atoms with E-state index in [1.165, 1.54) is 77.0 Å². The summed E-state index contributed by atoms with van der Waals surface area (Å²) in [6, 6.07) is 9.99. The molecule has 0 N–H and O–H groups in total. The maximum absolute atomic E-state index is 13.9. The van der Waals surface area contributed by atoms with Crippen LogP contribution < -0.4 is 4.74 Å². The third kappa shape index (κ3) is 9.30. The molecule has 0 saturated carbocycles. The number of methoxy groups -OCH3 is 1. The van der Waals surface area contributed by atoms with Crippen molar-refractivity contribution in [1.29, 1.82) is 0 Å². The lowest BCUT2D eigenvalue weighted by atomic mass is 10.0. The molecule has 0 amide bonds. The summed E-state index contributed by atoms with van der Waals surface area (Å²) in [6.07, 6.45) is 15.4. The first kappa shape index (κ1) is 33.6. The van der Waals surface area contributed by atoms with Crippen LogP contribution in [-0.2, 0) is 22.9 Å². The lowest BCUT2D eigenvalue weighted by Gasteiger charge is -2.30. The van der Waals surface area contributed by atoms with Crippen molar-refractivity contribution < 1.29 is 22.1 Å². The Morgan fingerprint density at radius 3 is 1.66 bits per heavy atom. The summed E-state index contributed by atoms with van der Waals surface area (Å²) >= 11 is 0. The number of hydrogen-bond acceptors (Lipinski definition) is 3. The second-order valence-corrected chi connectivity index (χ2v) is 15.6. The minimum Gasteiger partial charge on any atom is -0.496 e. The highest BCUT2D eigenvalue weighted by molar-refractivity contribution is 7.92. The molecule has 1 aliphatic rings. The van der Waals surface area contributed by atoms with Gasteiger partial charge in [0.15, 0.2) is 0 Å². The molecule has 0 fully saturated rings. The highest BCUT2D eigenvalue weighted by Gasteiger charge is 2.37. The van der Waals surface area contributed by atoms with Gasteiger partial charge in [0, 0.05) is 22.3 Å². The van der Waals surface area contributed by atoms with E-state index in [0.717, 1.165) is 57.4 Å². The monoisotopic (exact) mass is 586 g/mol. The van der Waals surface area contributed by atoms with Crippen molar-refractivity contribution in [2.24, 2.45) is 0 Å². The molecule has 0 aliphatic carbocycles. The van der Waals surface area contributed by atoms with E-state index in [1.807, 2.05) is 18.2 Å². The normalized spacial score (nSPS) is 14.2. The molecule has 0 unspecified atom stereocenters. The molecule has 41 heavy (non-hydrogen) atoms. The Kier molecular flexibility index (Phi) is 12.3. The van der Waals surface area contributed by atoms with E-state index < -0.39 is 9.84 Å². The Morgan fingerprint density at radius 1 is 0.634 bits per heavy atom. The summed E-state index contributed by atoms with van der Waals surface area (Å²) < 4.78 is 35.3. The van der Waals surface area contributed by atoms with Crippen LogP contribution in [0.5, 0.6) is 5.75 Å². The number of ether oxygens (including phenoxy) is 1. The lowest BCUT2D eigenvalue weighted by molar-refractivity contribution is -0.903. The van der Waals surface area contributed by atoms with Crippen molar-refractivity contribution in [2.45, 2.75) is 114 Å². The highest BCUT2D eigenvalue weighted by atomic mass is 32.2. The molecule has 3 rings (SSSR count). The average molecular weight is 587 g/mol. The van der Waals surface area contributed by atoms with E-state index in [4.69, 9.17) is 4.74 Å². The van der Waals surface area contributed by atoms with Crippen LogP contribution in [0.15, 0.2) is 40.1 Å². The van der Waals surface area contributed by atoms with Crippen LogP contribution in [0.1, 0.15) is 102 Å². The summed E-state index contributed by atoms with van der Waals surface area (Å²) in [5.74, 6) is 0.659. The number of hydrogen-bond donors (Lipinski definition) is 0. The molecule has 2 aromatic rings. The number of quaternary nitrogens is 2. The molecule has 0 radical (unpaired) electrons. The van der Waals surface area contributed by atoms with Gasteiger partial charge in [0.2, 0.25) is 9.84 Å². The summed E-state index contributed by atoms with van der Waals surface area (Å²) in [4.78, 5) is 0.834. The van der Waals surface area contributed by atoms with E-state index >= 15 is 0 Å². The van der Waals surface area contributed by atoms with Gasteiger partial charge in [-0.2, -0.15) is 0 Å². The minimum absolute atomic E-state index is 0.402. The standard InChI is InChI=1S/C35H58N2O3S/c1-8-10-12-14-16-18-22-36(3,4)27-29-20-21-31-33(25-29)41(38,39)34-26-30(24-32(40-7)35(31)34)28-37(5,6)23-19-17-15-13-11-9-2/h20-21,24-26H,8-19,22-23,27-28H2,1-7H3/q+2. The smallest absolute Gasteiger partial charge is 0.207 e. The Labute approximate surface area is 252 Å². The van der Waals surface area contributed by atoms with Gasteiger partial charge in [-0.05, 0) is 43.9 Å². The quantitative estimate of drug-likeness (QED) is 0.105. The number of fused-ring (bicyclic) bond motifs is 3. The fourth-order valence-electron chi connectivity index (χ4n) is 6.37. The number of unbranched alkanes of at least 4 members (excludes halogenated alkanes) is 10.